The molecule has 0 saturated heterocycles. The number of benzene rings is 3. The number of fused-ring (bicyclic) bond motifs is 1. The van der Waals surface area contributed by atoms with Crippen LogP contribution in [-0.2, 0) is 0 Å². The van der Waals surface area contributed by atoms with Crippen LogP contribution in [0.2, 0.25) is 0 Å². The monoisotopic (exact) mass is 375 g/mol. The summed E-state index contributed by atoms with van der Waals surface area (Å²) in [5.41, 5.74) is 4.87. The summed E-state index contributed by atoms with van der Waals surface area (Å²) in [5, 5.41) is 11.1. The van der Waals surface area contributed by atoms with Crippen molar-refractivity contribution in [3.05, 3.63) is 114 Å². The molecule has 2 atom stereocenters. The molecule has 1 heterocycles. The molecule has 0 aliphatic heterocycles. The van der Waals surface area contributed by atoms with Gasteiger partial charge in [0.25, 0.3) is 0 Å². The summed E-state index contributed by atoms with van der Waals surface area (Å²) in [4.78, 5) is 9.40. The standard InChI is InChI=1S/C26H21N3/c1-19(22-16-17-28-24-15-9-8-14-23(22)24)25(18-27)29-26(20-10-4-2-5-11-20)21-12-6-3-7-13-21/h2-17,19,25H,1H3. The summed E-state index contributed by atoms with van der Waals surface area (Å²) < 4.78 is 0. The van der Waals surface area contributed by atoms with Crippen molar-refractivity contribution < 1.29 is 0 Å². The first-order valence-electron chi connectivity index (χ1n) is 9.70. The van der Waals surface area contributed by atoms with Crippen LogP contribution in [0, 0.1) is 11.3 Å². The number of nitriles is 1. The molecule has 29 heavy (non-hydrogen) atoms. The van der Waals surface area contributed by atoms with Gasteiger partial charge < -0.3 is 0 Å². The largest absolute Gasteiger partial charge is 0.265 e. The Morgan fingerprint density at radius 1 is 0.828 bits per heavy atom. The molecule has 0 saturated carbocycles. The summed E-state index contributed by atoms with van der Waals surface area (Å²) in [6.07, 6.45) is 1.81. The van der Waals surface area contributed by atoms with Crippen LogP contribution in [0.1, 0.15) is 29.5 Å². The molecule has 0 bridgehead atoms. The molecule has 0 amide bonds. The molecule has 2 unspecified atom stereocenters. The van der Waals surface area contributed by atoms with Crippen LogP contribution in [0.3, 0.4) is 0 Å². The van der Waals surface area contributed by atoms with Gasteiger partial charge in [-0.15, -0.1) is 0 Å². The van der Waals surface area contributed by atoms with Crippen LogP contribution >= 0.6 is 0 Å². The molecule has 3 aromatic carbocycles. The van der Waals surface area contributed by atoms with Gasteiger partial charge in [0, 0.05) is 28.6 Å². The fraction of sp³-hybridized carbons (Fsp3) is 0.115. The van der Waals surface area contributed by atoms with Crippen molar-refractivity contribution in [2.45, 2.75) is 18.9 Å². The second kappa shape index (κ2) is 8.50. The van der Waals surface area contributed by atoms with Gasteiger partial charge in [0.05, 0.1) is 17.3 Å². The number of para-hydroxylation sites is 1. The van der Waals surface area contributed by atoms with Crippen molar-refractivity contribution in [3.63, 3.8) is 0 Å². The third-order valence-electron chi connectivity index (χ3n) is 5.14. The Morgan fingerprint density at radius 3 is 2.03 bits per heavy atom. The number of hydrogen-bond acceptors (Lipinski definition) is 3. The molecular weight excluding hydrogens is 354 g/mol. The molecule has 0 N–H and O–H groups in total. The number of pyridine rings is 1. The normalized spacial score (nSPS) is 12.7. The third kappa shape index (κ3) is 3.93. The SMILES string of the molecule is CC(c1ccnc2ccccc12)C(C#N)N=C(c1ccccc1)c1ccccc1. The third-order valence-corrected chi connectivity index (χ3v) is 5.14. The predicted molar refractivity (Wildman–Crippen MR) is 118 cm³/mol. The van der Waals surface area contributed by atoms with Gasteiger partial charge >= 0.3 is 0 Å². The predicted octanol–water partition coefficient (Wildman–Crippen LogP) is 5.77. The minimum atomic E-state index is -0.517. The van der Waals surface area contributed by atoms with Gasteiger partial charge in [-0.1, -0.05) is 85.8 Å². The first-order valence-corrected chi connectivity index (χ1v) is 9.70. The zero-order valence-electron chi connectivity index (χ0n) is 16.2. The van der Waals surface area contributed by atoms with E-state index in [2.05, 4.69) is 24.0 Å². The van der Waals surface area contributed by atoms with Gasteiger partial charge in [-0.05, 0) is 17.7 Å². The zero-order chi connectivity index (χ0) is 20.1. The number of aliphatic imine (C=N–C) groups is 1. The molecule has 0 aliphatic rings. The second-order valence-electron chi connectivity index (χ2n) is 6.99. The topological polar surface area (TPSA) is 49.0 Å². The highest BCUT2D eigenvalue weighted by Crippen LogP contribution is 2.28. The van der Waals surface area contributed by atoms with Crippen LogP contribution in [-0.4, -0.2) is 16.7 Å². The van der Waals surface area contributed by atoms with Gasteiger partial charge in [0.1, 0.15) is 6.04 Å². The minimum absolute atomic E-state index is 0.0738. The number of aromatic nitrogens is 1. The highest BCUT2D eigenvalue weighted by atomic mass is 14.8. The van der Waals surface area contributed by atoms with E-state index in [0.29, 0.717) is 0 Å². The first-order chi connectivity index (χ1) is 14.3. The van der Waals surface area contributed by atoms with Crippen molar-refractivity contribution in [2.24, 2.45) is 4.99 Å². The zero-order valence-corrected chi connectivity index (χ0v) is 16.2. The highest BCUT2D eigenvalue weighted by molar-refractivity contribution is 6.13. The van der Waals surface area contributed by atoms with E-state index >= 15 is 0 Å². The molecule has 0 aliphatic carbocycles. The van der Waals surface area contributed by atoms with Crippen LogP contribution in [0.4, 0.5) is 0 Å². The van der Waals surface area contributed by atoms with E-state index < -0.39 is 6.04 Å². The highest BCUT2D eigenvalue weighted by Gasteiger charge is 2.21. The first kappa shape index (κ1) is 18.6. The van der Waals surface area contributed by atoms with Crippen molar-refractivity contribution in [3.8, 4) is 6.07 Å². The van der Waals surface area contributed by atoms with E-state index in [-0.39, 0.29) is 5.92 Å². The molecule has 4 aromatic rings. The summed E-state index contributed by atoms with van der Waals surface area (Å²) in [5.74, 6) is -0.0738. The molecule has 140 valence electrons. The Labute approximate surface area is 171 Å². The molecule has 0 radical (unpaired) electrons. The Bertz CT molecular complexity index is 1130. The average molecular weight is 375 g/mol. The molecule has 0 fully saturated rings. The number of nitrogens with zero attached hydrogens (tertiary/aromatic N) is 3. The molecular formula is C26H21N3. The summed E-state index contributed by atoms with van der Waals surface area (Å²) in [7, 11) is 0. The Balaban J connectivity index is 1.81. The number of rotatable bonds is 5. The lowest BCUT2D eigenvalue weighted by atomic mass is 9.91. The van der Waals surface area contributed by atoms with Crippen molar-refractivity contribution in [1.29, 1.82) is 5.26 Å². The lowest BCUT2D eigenvalue weighted by Crippen LogP contribution is -2.16. The van der Waals surface area contributed by atoms with E-state index in [1.165, 1.54) is 0 Å². The fourth-order valence-electron chi connectivity index (χ4n) is 3.58. The van der Waals surface area contributed by atoms with Crippen molar-refractivity contribution in [1.82, 2.24) is 4.98 Å². The number of hydrogen-bond donors (Lipinski definition) is 0. The lowest BCUT2D eigenvalue weighted by Gasteiger charge is -2.18. The summed E-state index contributed by atoms with van der Waals surface area (Å²) >= 11 is 0. The quantitative estimate of drug-likeness (QED) is 0.416. The average Bonchev–Trinajstić information content (AvgIpc) is 2.80. The van der Waals surface area contributed by atoms with Crippen LogP contribution in [0.5, 0.6) is 0 Å². The molecule has 3 nitrogen and oxygen atoms in total. The van der Waals surface area contributed by atoms with E-state index in [0.717, 1.165) is 33.3 Å². The smallest absolute Gasteiger partial charge is 0.143 e. The maximum atomic E-state index is 10.00. The van der Waals surface area contributed by atoms with Gasteiger partial charge in [-0.3, -0.25) is 9.98 Å². The van der Waals surface area contributed by atoms with E-state index in [4.69, 9.17) is 4.99 Å². The Morgan fingerprint density at radius 2 is 1.41 bits per heavy atom. The maximum absolute atomic E-state index is 10.00. The van der Waals surface area contributed by atoms with Gasteiger partial charge in [-0.25, -0.2) is 0 Å². The second-order valence-corrected chi connectivity index (χ2v) is 6.99. The maximum Gasteiger partial charge on any atom is 0.143 e. The van der Waals surface area contributed by atoms with Gasteiger partial charge in [0.15, 0.2) is 0 Å². The van der Waals surface area contributed by atoms with Gasteiger partial charge in [0.2, 0.25) is 0 Å². The molecule has 3 heteroatoms. The minimum Gasteiger partial charge on any atom is -0.265 e. The fourth-order valence-corrected chi connectivity index (χ4v) is 3.58. The Kier molecular flexibility index (Phi) is 5.45. The van der Waals surface area contributed by atoms with Gasteiger partial charge in [-0.2, -0.15) is 5.26 Å². The Hall–Kier alpha value is -3.77. The van der Waals surface area contributed by atoms with Crippen molar-refractivity contribution in [2.75, 3.05) is 0 Å². The van der Waals surface area contributed by atoms with Crippen LogP contribution in [0.15, 0.2) is 102 Å². The van der Waals surface area contributed by atoms with Crippen LogP contribution < -0.4 is 0 Å². The molecule has 1 aromatic heterocycles. The van der Waals surface area contributed by atoms with E-state index in [1.807, 2.05) is 91.1 Å². The summed E-state index contributed by atoms with van der Waals surface area (Å²) in [6.45, 7) is 2.06. The summed E-state index contributed by atoms with van der Waals surface area (Å²) in [6, 6.07) is 32.0. The molecule has 4 rings (SSSR count). The van der Waals surface area contributed by atoms with E-state index in [9.17, 15) is 5.26 Å². The lowest BCUT2D eigenvalue weighted by molar-refractivity contribution is 0.681. The van der Waals surface area contributed by atoms with E-state index in [1.54, 1.807) is 0 Å². The van der Waals surface area contributed by atoms with Crippen molar-refractivity contribution >= 4 is 16.6 Å². The molecule has 0 spiro atoms. The van der Waals surface area contributed by atoms with Crippen LogP contribution in [0.25, 0.3) is 10.9 Å².